The van der Waals surface area contributed by atoms with E-state index in [2.05, 4.69) is 0 Å². The smallest absolute Gasteiger partial charge is 0.399 e. The molecular weight excluding hydrogens is 292 g/mol. The molecule has 1 aromatic carbocycles. The molecule has 1 aliphatic heterocycles. The van der Waals surface area contributed by atoms with Gasteiger partial charge in [-0.3, -0.25) is 0 Å². The van der Waals surface area contributed by atoms with Gasteiger partial charge in [0.2, 0.25) is 0 Å². The average Bonchev–Trinajstić information content (AvgIpc) is 3.16. The highest BCUT2D eigenvalue weighted by Crippen LogP contribution is 2.46. The predicted octanol–water partition coefficient (Wildman–Crippen LogP) is 3.88. The molecule has 0 radical (unpaired) electrons. The first-order valence-electron chi connectivity index (χ1n) is 7.58. The largest absolute Gasteiger partial charge is 0.494 e. The fraction of sp³-hybridized carbons (Fsp3) is 0.625. The molecule has 0 bridgehead atoms. The number of hydrogen-bond donors (Lipinski definition) is 0. The normalized spacial score (nSPS) is 23.9. The van der Waals surface area contributed by atoms with Gasteiger partial charge in [0.1, 0.15) is 0 Å². The lowest BCUT2D eigenvalue weighted by Gasteiger charge is -2.32. The van der Waals surface area contributed by atoms with Gasteiger partial charge < -0.3 is 9.31 Å². The highest BCUT2D eigenvalue weighted by Gasteiger charge is 2.52. The summed E-state index contributed by atoms with van der Waals surface area (Å²) in [5, 5.41) is 0. The summed E-state index contributed by atoms with van der Waals surface area (Å²) in [6, 6.07) is 4.24. The third-order valence-electron chi connectivity index (χ3n) is 4.92. The van der Waals surface area contributed by atoms with Gasteiger partial charge in [0.25, 0.3) is 0 Å². The average molecular weight is 312 g/mol. The van der Waals surface area contributed by atoms with E-state index in [4.69, 9.17) is 9.31 Å². The standard InChI is InChI=1S/C16H20BF3O2/c1-14(2)15(3,4)22-17(21-14)11-7-8-13(16(18,19)20)12(9-11)10-5-6-10/h7-10H,5-6H2,1-4H3. The van der Waals surface area contributed by atoms with Crippen molar-refractivity contribution in [1.82, 2.24) is 0 Å². The molecule has 120 valence electrons. The zero-order chi connectivity index (χ0) is 16.3. The van der Waals surface area contributed by atoms with Crippen LogP contribution >= 0.6 is 0 Å². The Kier molecular flexibility index (Phi) is 3.42. The van der Waals surface area contributed by atoms with E-state index in [-0.39, 0.29) is 5.92 Å². The topological polar surface area (TPSA) is 18.5 Å². The Bertz CT molecular complexity index is 576. The Balaban J connectivity index is 1.95. The molecule has 1 aromatic rings. The van der Waals surface area contributed by atoms with Gasteiger partial charge in [-0.1, -0.05) is 18.2 Å². The Morgan fingerprint density at radius 2 is 1.59 bits per heavy atom. The first-order valence-corrected chi connectivity index (χ1v) is 7.58. The SMILES string of the molecule is CC1(C)OB(c2ccc(C(F)(F)F)c(C3CC3)c2)OC1(C)C. The van der Waals surface area contributed by atoms with Gasteiger partial charge in [0, 0.05) is 0 Å². The van der Waals surface area contributed by atoms with Crippen LogP contribution in [0.5, 0.6) is 0 Å². The predicted molar refractivity (Wildman–Crippen MR) is 79.1 cm³/mol. The van der Waals surface area contributed by atoms with Gasteiger partial charge in [-0.15, -0.1) is 0 Å². The Hall–Kier alpha value is -1.01. The van der Waals surface area contributed by atoms with Crippen molar-refractivity contribution >= 4 is 12.6 Å². The van der Waals surface area contributed by atoms with E-state index in [1.165, 1.54) is 6.07 Å². The number of halogens is 3. The Morgan fingerprint density at radius 1 is 1.05 bits per heavy atom. The van der Waals surface area contributed by atoms with E-state index in [9.17, 15) is 13.2 Å². The summed E-state index contributed by atoms with van der Waals surface area (Å²) in [6.45, 7) is 7.72. The minimum absolute atomic E-state index is 0.0130. The van der Waals surface area contributed by atoms with Crippen molar-refractivity contribution in [3.8, 4) is 0 Å². The van der Waals surface area contributed by atoms with Gasteiger partial charge in [-0.2, -0.15) is 13.2 Å². The monoisotopic (exact) mass is 312 g/mol. The quantitative estimate of drug-likeness (QED) is 0.772. The van der Waals surface area contributed by atoms with E-state index in [0.29, 0.717) is 11.0 Å². The van der Waals surface area contributed by atoms with Crippen LogP contribution in [-0.2, 0) is 15.5 Å². The summed E-state index contributed by atoms with van der Waals surface area (Å²) in [4.78, 5) is 0. The van der Waals surface area contributed by atoms with Gasteiger partial charge in [0.05, 0.1) is 16.8 Å². The third-order valence-corrected chi connectivity index (χ3v) is 4.92. The van der Waals surface area contributed by atoms with Gasteiger partial charge in [-0.05, 0) is 57.5 Å². The molecule has 2 nitrogen and oxygen atoms in total. The summed E-state index contributed by atoms with van der Waals surface area (Å²) in [5.74, 6) is 0.0130. The van der Waals surface area contributed by atoms with Crippen molar-refractivity contribution in [2.45, 2.75) is 63.8 Å². The van der Waals surface area contributed by atoms with Crippen molar-refractivity contribution in [1.29, 1.82) is 0 Å². The molecule has 1 heterocycles. The van der Waals surface area contributed by atoms with E-state index < -0.39 is 30.1 Å². The molecule has 0 atom stereocenters. The number of hydrogen-bond acceptors (Lipinski definition) is 2. The van der Waals surface area contributed by atoms with Crippen LogP contribution in [0.1, 0.15) is 57.6 Å². The van der Waals surface area contributed by atoms with Crippen LogP contribution in [0.4, 0.5) is 13.2 Å². The fourth-order valence-electron chi connectivity index (χ4n) is 2.70. The first kappa shape index (κ1) is 15.9. The van der Waals surface area contributed by atoms with E-state index in [0.717, 1.165) is 18.9 Å². The maximum atomic E-state index is 13.1. The van der Waals surface area contributed by atoms with Crippen LogP contribution in [0.25, 0.3) is 0 Å². The van der Waals surface area contributed by atoms with Gasteiger partial charge in [0.15, 0.2) is 0 Å². The van der Waals surface area contributed by atoms with Gasteiger partial charge in [-0.25, -0.2) is 0 Å². The van der Waals surface area contributed by atoms with Crippen molar-refractivity contribution in [3.63, 3.8) is 0 Å². The van der Waals surface area contributed by atoms with Crippen LogP contribution < -0.4 is 5.46 Å². The van der Waals surface area contributed by atoms with E-state index >= 15 is 0 Å². The molecule has 2 fully saturated rings. The summed E-state index contributed by atoms with van der Waals surface area (Å²) in [5.41, 5.74) is -0.497. The lowest BCUT2D eigenvalue weighted by Crippen LogP contribution is -2.41. The third kappa shape index (κ3) is 2.67. The summed E-state index contributed by atoms with van der Waals surface area (Å²) in [7, 11) is -0.621. The highest BCUT2D eigenvalue weighted by atomic mass is 19.4. The van der Waals surface area contributed by atoms with Crippen LogP contribution in [0.2, 0.25) is 0 Å². The lowest BCUT2D eigenvalue weighted by atomic mass is 9.77. The molecule has 1 saturated carbocycles. The zero-order valence-electron chi connectivity index (χ0n) is 13.3. The Labute approximate surface area is 129 Å². The molecule has 0 N–H and O–H groups in total. The molecule has 3 rings (SSSR count). The van der Waals surface area contributed by atoms with Crippen molar-refractivity contribution in [2.24, 2.45) is 0 Å². The van der Waals surface area contributed by atoms with Crippen LogP contribution in [-0.4, -0.2) is 18.3 Å². The summed E-state index contributed by atoms with van der Waals surface area (Å²) < 4.78 is 51.2. The highest BCUT2D eigenvalue weighted by molar-refractivity contribution is 6.62. The summed E-state index contributed by atoms with van der Waals surface area (Å²) >= 11 is 0. The zero-order valence-corrected chi connectivity index (χ0v) is 13.3. The second-order valence-corrected chi connectivity index (χ2v) is 7.21. The second kappa shape index (κ2) is 4.74. The molecule has 0 unspecified atom stereocenters. The number of benzene rings is 1. The lowest BCUT2D eigenvalue weighted by molar-refractivity contribution is -0.138. The maximum Gasteiger partial charge on any atom is 0.494 e. The molecule has 1 aliphatic carbocycles. The fourth-order valence-corrected chi connectivity index (χ4v) is 2.70. The molecule has 2 aliphatic rings. The van der Waals surface area contributed by atoms with Crippen molar-refractivity contribution < 1.29 is 22.5 Å². The molecular formula is C16H20BF3O2. The van der Waals surface area contributed by atoms with E-state index in [1.807, 2.05) is 27.7 Å². The minimum Gasteiger partial charge on any atom is -0.399 e. The van der Waals surface area contributed by atoms with Crippen molar-refractivity contribution in [3.05, 3.63) is 29.3 Å². The number of alkyl halides is 3. The minimum atomic E-state index is -4.31. The number of rotatable bonds is 2. The van der Waals surface area contributed by atoms with Crippen molar-refractivity contribution in [2.75, 3.05) is 0 Å². The molecule has 0 aromatic heterocycles. The molecule has 1 saturated heterocycles. The Morgan fingerprint density at radius 3 is 2.05 bits per heavy atom. The van der Waals surface area contributed by atoms with Crippen LogP contribution in [0, 0.1) is 0 Å². The van der Waals surface area contributed by atoms with E-state index in [1.54, 1.807) is 6.07 Å². The first-order chi connectivity index (χ1) is 10.0. The maximum absolute atomic E-state index is 13.1. The molecule has 22 heavy (non-hydrogen) atoms. The summed E-state index contributed by atoms with van der Waals surface area (Å²) in [6.07, 6.45) is -2.68. The van der Waals surface area contributed by atoms with Crippen LogP contribution in [0.3, 0.4) is 0 Å². The molecule has 0 amide bonds. The molecule has 6 heteroatoms. The van der Waals surface area contributed by atoms with Crippen LogP contribution in [0.15, 0.2) is 18.2 Å². The van der Waals surface area contributed by atoms with Gasteiger partial charge >= 0.3 is 13.3 Å². The molecule has 0 spiro atoms. The second-order valence-electron chi connectivity index (χ2n) is 7.21.